The first-order chi connectivity index (χ1) is 8.59. The van der Waals surface area contributed by atoms with Crippen LogP contribution in [0.1, 0.15) is 29.9 Å². The number of hydrogen-bond acceptors (Lipinski definition) is 5. The summed E-state index contributed by atoms with van der Waals surface area (Å²) in [7, 11) is 0. The predicted octanol–water partition coefficient (Wildman–Crippen LogP) is 1.82. The molecule has 6 nitrogen and oxygen atoms in total. The Balaban J connectivity index is 2.15. The first-order valence-electron chi connectivity index (χ1n) is 5.59. The highest BCUT2D eigenvalue weighted by Crippen LogP contribution is 2.23. The number of amides is 1. The molecule has 94 valence electrons. The fourth-order valence-corrected chi connectivity index (χ4v) is 1.84. The standard InChI is InChI=1S/C12H14N4O2/c1-7(11-8(2)16-18-9(11)3)12(17)15-10-6-13-4-5-14-10/h4-7H,1-3H3,(H,14,15,17)/t7-/m0/s1. The molecule has 0 spiro atoms. The Hall–Kier alpha value is -2.24. The molecule has 6 heteroatoms. The van der Waals surface area contributed by atoms with Gasteiger partial charge in [0, 0.05) is 18.0 Å². The molecule has 0 saturated heterocycles. The summed E-state index contributed by atoms with van der Waals surface area (Å²) in [6.45, 7) is 5.41. The molecule has 2 aromatic rings. The molecule has 0 bridgehead atoms. The van der Waals surface area contributed by atoms with Crippen LogP contribution in [-0.4, -0.2) is 21.0 Å². The topological polar surface area (TPSA) is 80.9 Å². The highest BCUT2D eigenvalue weighted by Gasteiger charge is 2.23. The van der Waals surface area contributed by atoms with E-state index >= 15 is 0 Å². The van der Waals surface area contributed by atoms with Crippen molar-refractivity contribution >= 4 is 11.7 Å². The lowest BCUT2D eigenvalue weighted by Gasteiger charge is -2.10. The molecule has 0 unspecified atom stereocenters. The minimum atomic E-state index is -0.349. The summed E-state index contributed by atoms with van der Waals surface area (Å²) in [5.41, 5.74) is 1.55. The SMILES string of the molecule is Cc1noc(C)c1[C@H](C)C(=O)Nc1cnccn1. The Morgan fingerprint density at radius 3 is 2.72 bits per heavy atom. The van der Waals surface area contributed by atoms with Gasteiger partial charge in [-0.25, -0.2) is 4.98 Å². The minimum absolute atomic E-state index is 0.162. The van der Waals surface area contributed by atoms with Crippen LogP contribution in [0.3, 0.4) is 0 Å². The van der Waals surface area contributed by atoms with Gasteiger partial charge in [-0.2, -0.15) is 0 Å². The number of carbonyl (C=O) groups is 1. The van der Waals surface area contributed by atoms with Crippen LogP contribution in [0.2, 0.25) is 0 Å². The zero-order valence-corrected chi connectivity index (χ0v) is 10.5. The molecule has 0 aliphatic rings. The molecule has 0 aliphatic heterocycles. The van der Waals surface area contributed by atoms with Crippen molar-refractivity contribution in [2.45, 2.75) is 26.7 Å². The van der Waals surface area contributed by atoms with E-state index in [9.17, 15) is 4.79 Å². The van der Waals surface area contributed by atoms with E-state index in [0.717, 1.165) is 11.3 Å². The van der Waals surface area contributed by atoms with Crippen LogP contribution < -0.4 is 5.32 Å². The largest absolute Gasteiger partial charge is 0.361 e. The van der Waals surface area contributed by atoms with Gasteiger partial charge in [0.05, 0.1) is 17.8 Å². The van der Waals surface area contributed by atoms with Crippen LogP contribution in [-0.2, 0) is 4.79 Å². The van der Waals surface area contributed by atoms with Gasteiger partial charge in [-0.3, -0.25) is 9.78 Å². The maximum absolute atomic E-state index is 12.1. The number of anilines is 1. The summed E-state index contributed by atoms with van der Waals surface area (Å²) in [5.74, 6) is 0.582. The summed E-state index contributed by atoms with van der Waals surface area (Å²) >= 11 is 0. The molecule has 2 heterocycles. The number of nitrogens with zero attached hydrogens (tertiary/aromatic N) is 3. The van der Waals surface area contributed by atoms with Crippen molar-refractivity contribution < 1.29 is 9.32 Å². The van der Waals surface area contributed by atoms with E-state index in [2.05, 4.69) is 20.4 Å². The third-order valence-electron chi connectivity index (χ3n) is 2.73. The second kappa shape index (κ2) is 4.95. The van der Waals surface area contributed by atoms with E-state index in [1.165, 1.54) is 12.4 Å². The lowest BCUT2D eigenvalue weighted by Crippen LogP contribution is -2.20. The molecular weight excluding hydrogens is 232 g/mol. The minimum Gasteiger partial charge on any atom is -0.361 e. The fraction of sp³-hybridized carbons (Fsp3) is 0.333. The molecule has 1 N–H and O–H groups in total. The van der Waals surface area contributed by atoms with E-state index in [4.69, 9.17) is 4.52 Å². The molecule has 0 saturated carbocycles. The number of nitrogens with one attached hydrogen (secondary N) is 1. The Morgan fingerprint density at radius 2 is 2.17 bits per heavy atom. The van der Waals surface area contributed by atoms with Crippen molar-refractivity contribution in [3.63, 3.8) is 0 Å². The van der Waals surface area contributed by atoms with Gasteiger partial charge in [0.1, 0.15) is 5.76 Å². The normalized spacial score (nSPS) is 12.2. The van der Waals surface area contributed by atoms with Crippen LogP contribution in [0.25, 0.3) is 0 Å². The van der Waals surface area contributed by atoms with Gasteiger partial charge in [-0.1, -0.05) is 5.16 Å². The smallest absolute Gasteiger partial charge is 0.233 e. The summed E-state index contributed by atoms with van der Waals surface area (Å²) in [5, 5.41) is 6.55. The Labute approximate surface area is 104 Å². The highest BCUT2D eigenvalue weighted by atomic mass is 16.5. The lowest BCUT2D eigenvalue weighted by molar-refractivity contribution is -0.117. The molecular formula is C12H14N4O2. The maximum atomic E-state index is 12.1. The van der Waals surface area contributed by atoms with Crippen molar-refractivity contribution in [3.8, 4) is 0 Å². The van der Waals surface area contributed by atoms with Crippen LogP contribution in [0, 0.1) is 13.8 Å². The van der Waals surface area contributed by atoms with E-state index in [-0.39, 0.29) is 11.8 Å². The summed E-state index contributed by atoms with van der Waals surface area (Å²) < 4.78 is 5.06. The zero-order valence-electron chi connectivity index (χ0n) is 10.5. The van der Waals surface area contributed by atoms with E-state index in [0.29, 0.717) is 11.6 Å². The molecule has 18 heavy (non-hydrogen) atoms. The van der Waals surface area contributed by atoms with Gasteiger partial charge in [-0.05, 0) is 20.8 Å². The first-order valence-corrected chi connectivity index (χ1v) is 5.59. The van der Waals surface area contributed by atoms with Crippen LogP contribution in [0.5, 0.6) is 0 Å². The van der Waals surface area contributed by atoms with Crippen LogP contribution in [0.15, 0.2) is 23.1 Å². The maximum Gasteiger partial charge on any atom is 0.233 e. The number of hydrogen-bond donors (Lipinski definition) is 1. The molecule has 0 radical (unpaired) electrons. The molecule has 2 aromatic heterocycles. The van der Waals surface area contributed by atoms with Gasteiger partial charge in [0.15, 0.2) is 5.82 Å². The fourth-order valence-electron chi connectivity index (χ4n) is 1.84. The predicted molar refractivity (Wildman–Crippen MR) is 65.1 cm³/mol. The van der Waals surface area contributed by atoms with Gasteiger partial charge in [-0.15, -0.1) is 0 Å². The van der Waals surface area contributed by atoms with Gasteiger partial charge in [0.2, 0.25) is 5.91 Å². The second-order valence-electron chi connectivity index (χ2n) is 4.04. The third kappa shape index (κ3) is 2.37. The Bertz CT molecular complexity index is 531. The molecule has 1 amide bonds. The monoisotopic (exact) mass is 246 g/mol. The van der Waals surface area contributed by atoms with Gasteiger partial charge < -0.3 is 9.84 Å². The molecule has 0 aromatic carbocycles. The van der Waals surface area contributed by atoms with Gasteiger partial charge >= 0.3 is 0 Å². The molecule has 2 rings (SSSR count). The summed E-state index contributed by atoms with van der Waals surface area (Å²) in [6, 6.07) is 0. The van der Waals surface area contributed by atoms with E-state index in [1.807, 2.05) is 6.92 Å². The number of aromatic nitrogens is 3. The second-order valence-corrected chi connectivity index (χ2v) is 4.04. The van der Waals surface area contributed by atoms with Crippen molar-refractivity contribution in [2.24, 2.45) is 0 Å². The molecule has 0 fully saturated rings. The van der Waals surface area contributed by atoms with Crippen LogP contribution >= 0.6 is 0 Å². The van der Waals surface area contributed by atoms with Crippen molar-refractivity contribution in [1.29, 1.82) is 0 Å². The van der Waals surface area contributed by atoms with E-state index < -0.39 is 0 Å². The summed E-state index contributed by atoms with van der Waals surface area (Å²) in [6.07, 6.45) is 4.57. The Kier molecular flexibility index (Phi) is 3.36. The lowest BCUT2D eigenvalue weighted by atomic mass is 9.99. The highest BCUT2D eigenvalue weighted by molar-refractivity contribution is 5.94. The quantitative estimate of drug-likeness (QED) is 0.893. The number of rotatable bonds is 3. The zero-order chi connectivity index (χ0) is 13.1. The average molecular weight is 246 g/mol. The van der Waals surface area contributed by atoms with Crippen LogP contribution in [0.4, 0.5) is 5.82 Å². The number of aryl methyl sites for hydroxylation is 2. The van der Waals surface area contributed by atoms with Crippen molar-refractivity contribution in [1.82, 2.24) is 15.1 Å². The Morgan fingerprint density at radius 1 is 1.39 bits per heavy atom. The third-order valence-corrected chi connectivity index (χ3v) is 2.73. The summed E-state index contributed by atoms with van der Waals surface area (Å²) in [4.78, 5) is 19.9. The molecule has 0 aliphatic carbocycles. The average Bonchev–Trinajstić information content (AvgIpc) is 2.69. The molecule has 1 atom stereocenters. The van der Waals surface area contributed by atoms with Gasteiger partial charge in [0.25, 0.3) is 0 Å². The number of carbonyl (C=O) groups excluding carboxylic acids is 1. The van der Waals surface area contributed by atoms with Crippen molar-refractivity contribution in [2.75, 3.05) is 5.32 Å². The first kappa shape index (κ1) is 12.2. The van der Waals surface area contributed by atoms with E-state index in [1.54, 1.807) is 20.0 Å². The van der Waals surface area contributed by atoms with Crippen molar-refractivity contribution in [3.05, 3.63) is 35.6 Å².